The summed E-state index contributed by atoms with van der Waals surface area (Å²) in [6.07, 6.45) is 3.56. The van der Waals surface area contributed by atoms with Crippen molar-refractivity contribution in [1.82, 2.24) is 10.3 Å². The molecule has 0 saturated carbocycles. The van der Waals surface area contributed by atoms with Gasteiger partial charge in [0.05, 0.1) is 12.8 Å². The summed E-state index contributed by atoms with van der Waals surface area (Å²) < 4.78 is 5.49. The van der Waals surface area contributed by atoms with Gasteiger partial charge in [0.25, 0.3) is 0 Å². The van der Waals surface area contributed by atoms with E-state index in [1.54, 1.807) is 6.20 Å². The Morgan fingerprint density at radius 1 is 1.15 bits per heavy atom. The second kappa shape index (κ2) is 7.27. The average Bonchev–Trinajstić information content (AvgIpc) is 2.47. The Bertz CT molecular complexity index is 572. The third-order valence-electron chi connectivity index (χ3n) is 2.97. The third kappa shape index (κ3) is 3.71. The predicted molar refractivity (Wildman–Crippen MR) is 83.2 cm³/mol. The Balaban J connectivity index is 2.30. The van der Waals surface area contributed by atoms with E-state index in [2.05, 4.69) is 23.3 Å². The summed E-state index contributed by atoms with van der Waals surface area (Å²) in [5.74, 6) is 0.785. The van der Waals surface area contributed by atoms with Gasteiger partial charge in [0.2, 0.25) is 0 Å². The van der Waals surface area contributed by atoms with Crippen molar-refractivity contribution in [3.8, 4) is 16.9 Å². The van der Waals surface area contributed by atoms with Crippen molar-refractivity contribution in [3.05, 3.63) is 47.2 Å². The number of nitrogens with zero attached hydrogens (tertiary/aromatic N) is 1. The Labute approximate surface area is 124 Å². The zero-order valence-electron chi connectivity index (χ0n) is 11.8. The molecule has 0 aliphatic heterocycles. The number of pyridine rings is 1. The van der Waals surface area contributed by atoms with E-state index in [4.69, 9.17) is 16.3 Å². The van der Waals surface area contributed by atoms with Crippen LogP contribution in [0.15, 0.2) is 36.7 Å². The first kappa shape index (κ1) is 14.8. The zero-order valence-corrected chi connectivity index (χ0v) is 12.6. The van der Waals surface area contributed by atoms with Gasteiger partial charge in [-0.1, -0.05) is 24.6 Å². The Hall–Kier alpha value is -1.58. The topological polar surface area (TPSA) is 34.2 Å². The molecule has 0 atom stereocenters. The van der Waals surface area contributed by atoms with E-state index in [1.165, 1.54) is 0 Å². The first-order valence-electron chi connectivity index (χ1n) is 6.82. The van der Waals surface area contributed by atoms with Crippen molar-refractivity contribution in [2.75, 3.05) is 13.2 Å². The van der Waals surface area contributed by atoms with E-state index in [0.29, 0.717) is 6.61 Å². The van der Waals surface area contributed by atoms with Crippen molar-refractivity contribution in [3.63, 3.8) is 0 Å². The van der Waals surface area contributed by atoms with Crippen LogP contribution in [0.2, 0.25) is 5.02 Å². The Morgan fingerprint density at radius 2 is 2.00 bits per heavy atom. The Morgan fingerprint density at radius 3 is 2.75 bits per heavy atom. The molecule has 0 bridgehead atoms. The molecule has 1 aromatic carbocycles. The summed E-state index contributed by atoms with van der Waals surface area (Å²) in [4.78, 5) is 4.22. The molecule has 0 amide bonds. The SMILES string of the molecule is CCNCc1cc(-c2cncc(OCC)c2)ccc1Cl. The predicted octanol–water partition coefficient (Wildman–Crippen LogP) is 3.91. The maximum atomic E-state index is 6.22. The van der Waals surface area contributed by atoms with Crippen molar-refractivity contribution in [1.29, 1.82) is 0 Å². The summed E-state index contributed by atoms with van der Waals surface area (Å²) in [6.45, 7) is 6.36. The molecule has 0 fully saturated rings. The fourth-order valence-corrected chi connectivity index (χ4v) is 2.16. The molecule has 1 heterocycles. The summed E-state index contributed by atoms with van der Waals surface area (Å²) in [5, 5.41) is 4.07. The minimum absolute atomic E-state index is 0.636. The second-order valence-electron chi connectivity index (χ2n) is 4.43. The molecule has 0 radical (unpaired) electrons. The van der Waals surface area contributed by atoms with Gasteiger partial charge in [-0.05, 0) is 42.8 Å². The van der Waals surface area contributed by atoms with Crippen LogP contribution in [0.5, 0.6) is 5.75 Å². The van der Waals surface area contributed by atoms with Gasteiger partial charge < -0.3 is 10.1 Å². The van der Waals surface area contributed by atoms with Gasteiger partial charge in [-0.2, -0.15) is 0 Å². The molecule has 2 rings (SSSR count). The molecule has 4 heteroatoms. The van der Waals surface area contributed by atoms with Crippen molar-refractivity contribution in [2.24, 2.45) is 0 Å². The van der Waals surface area contributed by atoms with Crippen LogP contribution in [0.25, 0.3) is 11.1 Å². The number of halogens is 1. The van der Waals surface area contributed by atoms with Gasteiger partial charge in [-0.15, -0.1) is 0 Å². The lowest BCUT2D eigenvalue weighted by atomic mass is 10.0. The van der Waals surface area contributed by atoms with Crippen molar-refractivity contribution in [2.45, 2.75) is 20.4 Å². The minimum Gasteiger partial charge on any atom is -0.492 e. The van der Waals surface area contributed by atoms with E-state index in [0.717, 1.165) is 40.6 Å². The summed E-state index contributed by atoms with van der Waals surface area (Å²) in [6, 6.07) is 8.02. The van der Waals surface area contributed by atoms with Crippen LogP contribution in [0.4, 0.5) is 0 Å². The van der Waals surface area contributed by atoms with E-state index in [-0.39, 0.29) is 0 Å². The van der Waals surface area contributed by atoms with Gasteiger partial charge in [0, 0.05) is 23.3 Å². The first-order valence-corrected chi connectivity index (χ1v) is 7.19. The lowest BCUT2D eigenvalue weighted by Crippen LogP contribution is -2.12. The van der Waals surface area contributed by atoms with Gasteiger partial charge in [-0.25, -0.2) is 0 Å². The quantitative estimate of drug-likeness (QED) is 0.876. The molecule has 0 aliphatic rings. The van der Waals surface area contributed by atoms with E-state index >= 15 is 0 Å². The summed E-state index contributed by atoms with van der Waals surface area (Å²) in [7, 11) is 0. The Kier molecular flexibility index (Phi) is 5.39. The zero-order chi connectivity index (χ0) is 14.4. The highest BCUT2D eigenvalue weighted by Gasteiger charge is 2.05. The molecular weight excluding hydrogens is 272 g/mol. The molecular formula is C16H19ClN2O. The number of hydrogen-bond donors (Lipinski definition) is 1. The fourth-order valence-electron chi connectivity index (χ4n) is 1.97. The number of aromatic nitrogens is 1. The smallest absolute Gasteiger partial charge is 0.138 e. The minimum atomic E-state index is 0.636. The maximum Gasteiger partial charge on any atom is 0.138 e. The molecule has 3 nitrogen and oxygen atoms in total. The monoisotopic (exact) mass is 290 g/mol. The highest BCUT2D eigenvalue weighted by atomic mass is 35.5. The van der Waals surface area contributed by atoms with Gasteiger partial charge in [0.15, 0.2) is 0 Å². The molecule has 0 unspecified atom stereocenters. The van der Waals surface area contributed by atoms with Crippen LogP contribution in [-0.2, 0) is 6.54 Å². The van der Waals surface area contributed by atoms with E-state index in [1.807, 2.05) is 31.3 Å². The second-order valence-corrected chi connectivity index (χ2v) is 4.84. The molecule has 0 spiro atoms. The number of nitrogens with one attached hydrogen (secondary N) is 1. The van der Waals surface area contributed by atoms with Crippen LogP contribution >= 0.6 is 11.6 Å². The average molecular weight is 291 g/mol. The van der Waals surface area contributed by atoms with Gasteiger partial charge >= 0.3 is 0 Å². The molecule has 0 aliphatic carbocycles. The first-order chi connectivity index (χ1) is 9.74. The van der Waals surface area contributed by atoms with Crippen molar-refractivity contribution < 1.29 is 4.74 Å². The van der Waals surface area contributed by atoms with Crippen LogP contribution < -0.4 is 10.1 Å². The third-order valence-corrected chi connectivity index (χ3v) is 3.34. The molecule has 0 saturated heterocycles. The van der Waals surface area contributed by atoms with E-state index < -0.39 is 0 Å². The van der Waals surface area contributed by atoms with E-state index in [9.17, 15) is 0 Å². The van der Waals surface area contributed by atoms with Crippen LogP contribution in [0, 0.1) is 0 Å². The number of ether oxygens (including phenoxy) is 1. The summed E-state index contributed by atoms with van der Waals surface area (Å²) >= 11 is 6.22. The maximum absolute atomic E-state index is 6.22. The molecule has 2 aromatic rings. The van der Waals surface area contributed by atoms with Crippen molar-refractivity contribution >= 4 is 11.6 Å². The van der Waals surface area contributed by atoms with Crippen LogP contribution in [0.1, 0.15) is 19.4 Å². The summed E-state index contributed by atoms with van der Waals surface area (Å²) in [5.41, 5.74) is 3.22. The lowest BCUT2D eigenvalue weighted by Gasteiger charge is -2.09. The highest BCUT2D eigenvalue weighted by molar-refractivity contribution is 6.31. The molecule has 106 valence electrons. The fraction of sp³-hybridized carbons (Fsp3) is 0.312. The lowest BCUT2D eigenvalue weighted by molar-refractivity contribution is 0.339. The molecule has 1 aromatic heterocycles. The largest absolute Gasteiger partial charge is 0.492 e. The standard InChI is InChI=1S/C16H19ClN2O/c1-3-18-10-14-7-12(5-6-16(14)17)13-8-15(20-4-2)11-19-9-13/h5-9,11,18H,3-4,10H2,1-2H3. The van der Waals surface area contributed by atoms with Gasteiger partial charge in [-0.3, -0.25) is 4.98 Å². The molecule has 1 N–H and O–H groups in total. The number of rotatable bonds is 6. The number of benzene rings is 1. The molecule has 20 heavy (non-hydrogen) atoms. The highest BCUT2D eigenvalue weighted by Crippen LogP contribution is 2.27. The normalized spacial score (nSPS) is 10.6. The number of hydrogen-bond acceptors (Lipinski definition) is 3. The van der Waals surface area contributed by atoms with Crippen LogP contribution in [0.3, 0.4) is 0 Å². The van der Waals surface area contributed by atoms with Gasteiger partial charge in [0.1, 0.15) is 5.75 Å². The van der Waals surface area contributed by atoms with Crippen LogP contribution in [-0.4, -0.2) is 18.1 Å².